The van der Waals surface area contributed by atoms with Gasteiger partial charge >= 0.3 is 0 Å². The quantitative estimate of drug-likeness (QED) is 0.899. The van der Waals surface area contributed by atoms with E-state index in [-0.39, 0.29) is 24.3 Å². The lowest BCUT2D eigenvalue weighted by Crippen LogP contribution is -2.33. The molecule has 1 heterocycles. The maximum atomic E-state index is 12.6. The lowest BCUT2D eigenvalue weighted by molar-refractivity contribution is -0.129. The van der Waals surface area contributed by atoms with Crippen molar-refractivity contribution >= 4 is 27.5 Å². The molecule has 0 bridgehead atoms. The molecule has 0 unspecified atom stereocenters. The molecule has 1 N–H and O–H groups in total. The van der Waals surface area contributed by atoms with Crippen LogP contribution in [0.25, 0.3) is 0 Å². The summed E-state index contributed by atoms with van der Waals surface area (Å²) in [6.07, 6.45) is 3.57. The first-order valence-electron chi connectivity index (χ1n) is 8.31. The standard InChI is InChI=1S/C17H22N2O4S/c1-12(20)18-14-8-6-13(7-9-14)10-11-19-17(21)15-4-2-3-5-16(15)24(19,22)23/h6-9,15-16H,2-5,10-11H2,1H3,(H,18,20)/t15-,16+/m1/s1. The van der Waals surface area contributed by atoms with Gasteiger partial charge in [0.2, 0.25) is 21.8 Å². The van der Waals surface area contributed by atoms with Gasteiger partial charge in [-0.3, -0.25) is 9.59 Å². The van der Waals surface area contributed by atoms with E-state index in [0.29, 0.717) is 24.9 Å². The van der Waals surface area contributed by atoms with Gasteiger partial charge in [-0.05, 0) is 37.0 Å². The lowest BCUT2D eigenvalue weighted by atomic mass is 9.88. The normalized spacial score (nSPS) is 25.4. The number of benzene rings is 1. The van der Waals surface area contributed by atoms with E-state index in [2.05, 4.69) is 5.32 Å². The fraction of sp³-hybridized carbons (Fsp3) is 0.529. The highest BCUT2D eigenvalue weighted by atomic mass is 32.2. The van der Waals surface area contributed by atoms with E-state index < -0.39 is 15.3 Å². The number of amides is 2. The molecule has 3 rings (SSSR count). The fourth-order valence-electron chi connectivity index (χ4n) is 3.64. The number of rotatable bonds is 4. The molecule has 2 atom stereocenters. The van der Waals surface area contributed by atoms with Crippen LogP contribution in [-0.2, 0) is 26.0 Å². The number of carbonyl (C=O) groups is 2. The van der Waals surface area contributed by atoms with Crippen LogP contribution in [0.1, 0.15) is 38.2 Å². The van der Waals surface area contributed by atoms with E-state index in [1.807, 2.05) is 12.1 Å². The summed E-state index contributed by atoms with van der Waals surface area (Å²) in [6, 6.07) is 7.23. The van der Waals surface area contributed by atoms with Crippen molar-refractivity contribution in [2.75, 3.05) is 11.9 Å². The Kier molecular flexibility index (Phi) is 4.62. The second kappa shape index (κ2) is 6.55. The third-order valence-electron chi connectivity index (χ3n) is 4.83. The molecule has 24 heavy (non-hydrogen) atoms. The Morgan fingerprint density at radius 1 is 1.21 bits per heavy atom. The van der Waals surface area contributed by atoms with Crippen LogP contribution in [0.2, 0.25) is 0 Å². The highest BCUT2D eigenvalue weighted by Crippen LogP contribution is 2.38. The molecule has 1 aliphatic heterocycles. The molecular weight excluding hydrogens is 328 g/mol. The monoisotopic (exact) mass is 350 g/mol. The molecule has 0 aromatic heterocycles. The van der Waals surface area contributed by atoms with Crippen molar-refractivity contribution in [3.8, 4) is 0 Å². The summed E-state index contributed by atoms with van der Waals surface area (Å²) in [6.45, 7) is 1.63. The molecule has 1 aromatic carbocycles. The number of hydrogen-bond donors (Lipinski definition) is 1. The third kappa shape index (κ3) is 3.17. The van der Waals surface area contributed by atoms with Crippen molar-refractivity contribution in [3.63, 3.8) is 0 Å². The summed E-state index contributed by atoms with van der Waals surface area (Å²) in [7, 11) is -3.50. The number of carbonyl (C=O) groups excluding carboxylic acids is 2. The molecule has 130 valence electrons. The van der Waals surface area contributed by atoms with Crippen molar-refractivity contribution in [2.24, 2.45) is 5.92 Å². The Bertz CT molecular complexity index is 742. The van der Waals surface area contributed by atoms with Crippen LogP contribution < -0.4 is 5.32 Å². The Balaban J connectivity index is 1.67. The van der Waals surface area contributed by atoms with Crippen LogP contribution >= 0.6 is 0 Å². The van der Waals surface area contributed by atoms with Crippen molar-refractivity contribution in [2.45, 2.75) is 44.3 Å². The van der Waals surface area contributed by atoms with Crippen molar-refractivity contribution < 1.29 is 18.0 Å². The molecule has 2 aliphatic rings. The topological polar surface area (TPSA) is 83.6 Å². The molecule has 0 spiro atoms. The van der Waals surface area contributed by atoms with Gasteiger partial charge in [0.05, 0.1) is 11.2 Å². The second-order valence-corrected chi connectivity index (χ2v) is 8.59. The molecule has 1 aliphatic carbocycles. The largest absolute Gasteiger partial charge is 0.326 e. The van der Waals surface area contributed by atoms with Crippen molar-refractivity contribution in [1.29, 1.82) is 0 Å². The summed E-state index contributed by atoms with van der Waals surface area (Å²) in [4.78, 5) is 23.5. The van der Waals surface area contributed by atoms with Crippen LogP contribution in [0.3, 0.4) is 0 Å². The Morgan fingerprint density at radius 2 is 1.88 bits per heavy atom. The van der Waals surface area contributed by atoms with Gasteiger partial charge in [0.15, 0.2) is 0 Å². The molecule has 1 saturated heterocycles. The van der Waals surface area contributed by atoms with Crippen LogP contribution in [0.5, 0.6) is 0 Å². The SMILES string of the molecule is CC(=O)Nc1ccc(CCN2C(=O)[C@@H]3CCCC[C@@H]3S2(=O)=O)cc1. The summed E-state index contributed by atoms with van der Waals surface area (Å²) < 4.78 is 26.3. The van der Waals surface area contributed by atoms with Crippen LogP contribution in [0, 0.1) is 5.92 Å². The molecular formula is C17H22N2O4S. The maximum absolute atomic E-state index is 12.6. The Labute approximate surface area is 142 Å². The van der Waals surface area contributed by atoms with E-state index in [1.54, 1.807) is 12.1 Å². The lowest BCUT2D eigenvalue weighted by Gasteiger charge is -2.20. The van der Waals surface area contributed by atoms with Crippen LogP contribution in [-0.4, -0.2) is 36.3 Å². The van der Waals surface area contributed by atoms with E-state index >= 15 is 0 Å². The van der Waals surface area contributed by atoms with Gasteiger partial charge < -0.3 is 5.32 Å². The summed E-state index contributed by atoms with van der Waals surface area (Å²) in [5, 5.41) is 2.17. The van der Waals surface area contributed by atoms with Gasteiger partial charge in [0.1, 0.15) is 0 Å². The molecule has 1 saturated carbocycles. The van der Waals surface area contributed by atoms with Crippen LogP contribution in [0.4, 0.5) is 5.69 Å². The number of hydrogen-bond acceptors (Lipinski definition) is 4. The minimum absolute atomic E-state index is 0.140. The average molecular weight is 350 g/mol. The summed E-state index contributed by atoms with van der Waals surface area (Å²) in [5.74, 6) is -0.709. The highest BCUT2D eigenvalue weighted by molar-refractivity contribution is 7.90. The zero-order valence-corrected chi connectivity index (χ0v) is 14.5. The first-order valence-corrected chi connectivity index (χ1v) is 9.82. The zero-order valence-electron chi connectivity index (χ0n) is 13.7. The van der Waals surface area contributed by atoms with E-state index in [9.17, 15) is 18.0 Å². The Hall–Kier alpha value is -1.89. The van der Waals surface area contributed by atoms with Gasteiger partial charge in [0, 0.05) is 19.2 Å². The van der Waals surface area contributed by atoms with Gasteiger partial charge in [-0.15, -0.1) is 0 Å². The van der Waals surface area contributed by atoms with Gasteiger partial charge in [-0.25, -0.2) is 12.7 Å². The minimum Gasteiger partial charge on any atom is -0.326 e. The predicted octanol–water partition coefficient (Wildman–Crippen LogP) is 1.92. The first kappa shape index (κ1) is 17.0. The van der Waals surface area contributed by atoms with Gasteiger partial charge in [0.25, 0.3) is 0 Å². The van der Waals surface area contributed by atoms with E-state index in [0.717, 1.165) is 22.7 Å². The molecule has 7 heteroatoms. The minimum atomic E-state index is -3.50. The molecule has 2 fully saturated rings. The number of anilines is 1. The van der Waals surface area contributed by atoms with Gasteiger partial charge in [-0.1, -0.05) is 25.0 Å². The first-order chi connectivity index (χ1) is 11.4. The third-order valence-corrected chi connectivity index (χ3v) is 7.14. The number of nitrogens with one attached hydrogen (secondary N) is 1. The maximum Gasteiger partial charge on any atom is 0.241 e. The molecule has 1 aromatic rings. The number of nitrogens with zero attached hydrogens (tertiary/aromatic N) is 1. The van der Waals surface area contributed by atoms with Crippen LogP contribution in [0.15, 0.2) is 24.3 Å². The zero-order chi connectivity index (χ0) is 17.3. The highest BCUT2D eigenvalue weighted by Gasteiger charge is 2.52. The molecule has 6 nitrogen and oxygen atoms in total. The summed E-state index contributed by atoms with van der Waals surface area (Å²) >= 11 is 0. The number of fused-ring (bicyclic) bond motifs is 1. The van der Waals surface area contributed by atoms with Gasteiger partial charge in [-0.2, -0.15) is 0 Å². The number of sulfonamides is 1. The fourth-order valence-corrected chi connectivity index (χ4v) is 5.83. The van der Waals surface area contributed by atoms with Crippen molar-refractivity contribution in [1.82, 2.24) is 4.31 Å². The smallest absolute Gasteiger partial charge is 0.241 e. The Morgan fingerprint density at radius 3 is 2.50 bits per heavy atom. The second-order valence-electron chi connectivity index (χ2n) is 6.51. The van der Waals surface area contributed by atoms with Crippen molar-refractivity contribution in [3.05, 3.63) is 29.8 Å². The predicted molar refractivity (Wildman–Crippen MR) is 90.8 cm³/mol. The average Bonchev–Trinajstić information content (AvgIpc) is 2.74. The summed E-state index contributed by atoms with van der Waals surface area (Å²) in [5.41, 5.74) is 1.63. The van der Waals surface area contributed by atoms with E-state index in [4.69, 9.17) is 0 Å². The molecule has 0 radical (unpaired) electrons. The van der Waals surface area contributed by atoms with E-state index in [1.165, 1.54) is 6.92 Å². The molecule has 2 amide bonds.